The lowest BCUT2D eigenvalue weighted by Crippen LogP contribution is -2.09. The quantitative estimate of drug-likeness (QED) is 0.438. The summed E-state index contributed by atoms with van der Waals surface area (Å²) < 4.78 is 15.4. The normalized spacial score (nSPS) is 10.1. The molecule has 5 heteroatoms. The molecule has 0 aliphatic carbocycles. The van der Waals surface area contributed by atoms with Gasteiger partial charge in [0, 0.05) is 0 Å². The van der Waals surface area contributed by atoms with E-state index in [4.69, 9.17) is 14.2 Å². The average molecular weight is 328 g/mol. The summed E-state index contributed by atoms with van der Waals surface area (Å²) in [6.45, 7) is 2.43. The van der Waals surface area contributed by atoms with Gasteiger partial charge in [0.25, 0.3) is 0 Å². The SMILES string of the molecule is CCCCOC(=O)c1ccc(OC(=O)c2ccc(OC)cc2)cc1. The lowest BCUT2D eigenvalue weighted by Gasteiger charge is -2.07. The second-order valence-corrected chi connectivity index (χ2v) is 5.13. The maximum absolute atomic E-state index is 12.1. The van der Waals surface area contributed by atoms with Gasteiger partial charge in [0.2, 0.25) is 0 Å². The van der Waals surface area contributed by atoms with Gasteiger partial charge in [0.05, 0.1) is 24.8 Å². The van der Waals surface area contributed by atoms with Crippen molar-refractivity contribution in [2.75, 3.05) is 13.7 Å². The van der Waals surface area contributed by atoms with Crippen molar-refractivity contribution in [2.24, 2.45) is 0 Å². The third-order valence-corrected chi connectivity index (χ3v) is 3.36. The zero-order valence-corrected chi connectivity index (χ0v) is 13.8. The second-order valence-electron chi connectivity index (χ2n) is 5.13. The van der Waals surface area contributed by atoms with E-state index in [1.807, 2.05) is 6.92 Å². The third kappa shape index (κ3) is 4.84. The van der Waals surface area contributed by atoms with Gasteiger partial charge < -0.3 is 14.2 Å². The Labute approximate surface area is 141 Å². The molecule has 0 aliphatic rings. The Morgan fingerprint density at radius 3 is 1.92 bits per heavy atom. The van der Waals surface area contributed by atoms with E-state index in [9.17, 15) is 9.59 Å². The highest BCUT2D eigenvalue weighted by molar-refractivity contribution is 5.92. The molecule has 0 saturated carbocycles. The fourth-order valence-corrected chi connectivity index (χ4v) is 1.94. The topological polar surface area (TPSA) is 61.8 Å². The molecule has 0 fully saturated rings. The maximum atomic E-state index is 12.1. The number of ether oxygens (including phenoxy) is 3. The van der Waals surface area contributed by atoms with Crippen molar-refractivity contribution in [3.05, 3.63) is 59.7 Å². The Bertz CT molecular complexity index is 674. The Morgan fingerprint density at radius 2 is 1.38 bits per heavy atom. The molecule has 0 N–H and O–H groups in total. The van der Waals surface area contributed by atoms with E-state index in [1.54, 1.807) is 55.6 Å². The Hall–Kier alpha value is -2.82. The van der Waals surface area contributed by atoms with Gasteiger partial charge in [0.15, 0.2) is 0 Å². The fraction of sp³-hybridized carbons (Fsp3) is 0.263. The number of hydrogen-bond donors (Lipinski definition) is 0. The summed E-state index contributed by atoms with van der Waals surface area (Å²) in [4.78, 5) is 23.8. The molecule has 2 aromatic rings. The molecule has 0 atom stereocenters. The molecule has 5 nitrogen and oxygen atoms in total. The monoisotopic (exact) mass is 328 g/mol. The molecule has 24 heavy (non-hydrogen) atoms. The minimum Gasteiger partial charge on any atom is -0.497 e. The van der Waals surface area contributed by atoms with Crippen LogP contribution in [-0.4, -0.2) is 25.7 Å². The van der Waals surface area contributed by atoms with E-state index in [0.717, 1.165) is 12.8 Å². The van der Waals surface area contributed by atoms with Gasteiger partial charge in [-0.25, -0.2) is 9.59 Å². The number of unbranched alkanes of at least 4 members (excludes halogenated alkanes) is 1. The molecule has 0 aliphatic heterocycles. The highest BCUT2D eigenvalue weighted by Gasteiger charge is 2.11. The minimum atomic E-state index is -0.476. The van der Waals surface area contributed by atoms with E-state index < -0.39 is 5.97 Å². The predicted octanol–water partition coefficient (Wildman–Crippen LogP) is 3.87. The van der Waals surface area contributed by atoms with Crippen LogP contribution in [0.2, 0.25) is 0 Å². The van der Waals surface area contributed by atoms with Crippen LogP contribution in [0.5, 0.6) is 11.5 Å². The van der Waals surface area contributed by atoms with Crippen LogP contribution >= 0.6 is 0 Å². The first-order valence-electron chi connectivity index (χ1n) is 7.77. The summed E-state index contributed by atoms with van der Waals surface area (Å²) in [5.74, 6) is 0.172. The number of benzene rings is 2. The van der Waals surface area contributed by atoms with E-state index >= 15 is 0 Å². The standard InChI is InChI=1S/C19H20O5/c1-3-4-13-23-18(20)14-7-11-17(12-8-14)24-19(21)15-5-9-16(22-2)10-6-15/h5-12H,3-4,13H2,1-2H3. The summed E-state index contributed by atoms with van der Waals surface area (Å²) in [6.07, 6.45) is 1.80. The summed E-state index contributed by atoms with van der Waals surface area (Å²) >= 11 is 0. The van der Waals surface area contributed by atoms with E-state index in [0.29, 0.717) is 29.2 Å². The molecule has 0 saturated heterocycles. The summed E-state index contributed by atoms with van der Waals surface area (Å²) in [5.41, 5.74) is 0.842. The van der Waals surface area contributed by atoms with Crippen molar-refractivity contribution < 1.29 is 23.8 Å². The first kappa shape index (κ1) is 17.5. The van der Waals surface area contributed by atoms with Crippen LogP contribution in [0, 0.1) is 0 Å². The van der Waals surface area contributed by atoms with Crippen LogP contribution in [0.4, 0.5) is 0 Å². The minimum absolute atomic E-state index is 0.362. The average Bonchev–Trinajstić information content (AvgIpc) is 2.62. The number of methoxy groups -OCH3 is 1. The van der Waals surface area contributed by atoms with Gasteiger partial charge in [0.1, 0.15) is 11.5 Å². The molecule has 0 bridgehead atoms. The molecule has 2 rings (SSSR count). The second kappa shape index (κ2) is 8.72. The van der Waals surface area contributed by atoms with E-state index in [2.05, 4.69) is 0 Å². The lowest BCUT2D eigenvalue weighted by molar-refractivity contribution is 0.0499. The lowest BCUT2D eigenvalue weighted by atomic mass is 10.2. The number of esters is 2. The Kier molecular flexibility index (Phi) is 6.37. The van der Waals surface area contributed by atoms with Gasteiger partial charge in [-0.15, -0.1) is 0 Å². The molecule has 0 spiro atoms. The summed E-state index contributed by atoms with van der Waals surface area (Å²) in [5, 5.41) is 0. The zero-order valence-electron chi connectivity index (χ0n) is 13.8. The van der Waals surface area contributed by atoms with Gasteiger partial charge in [-0.3, -0.25) is 0 Å². The zero-order chi connectivity index (χ0) is 17.4. The Balaban J connectivity index is 1.95. The van der Waals surface area contributed by atoms with E-state index in [1.165, 1.54) is 0 Å². The number of carbonyl (C=O) groups excluding carboxylic acids is 2. The van der Waals surface area contributed by atoms with Crippen LogP contribution < -0.4 is 9.47 Å². The van der Waals surface area contributed by atoms with Crippen LogP contribution in [0.15, 0.2) is 48.5 Å². The van der Waals surface area contributed by atoms with Gasteiger partial charge in [-0.1, -0.05) is 13.3 Å². The molecular weight excluding hydrogens is 308 g/mol. The van der Waals surface area contributed by atoms with Crippen LogP contribution in [0.3, 0.4) is 0 Å². The first-order chi connectivity index (χ1) is 11.6. The van der Waals surface area contributed by atoms with Gasteiger partial charge >= 0.3 is 11.9 Å². The Morgan fingerprint density at radius 1 is 0.833 bits per heavy atom. The van der Waals surface area contributed by atoms with Crippen LogP contribution in [0.25, 0.3) is 0 Å². The number of carbonyl (C=O) groups is 2. The largest absolute Gasteiger partial charge is 0.497 e. The van der Waals surface area contributed by atoms with Crippen molar-refractivity contribution in [1.82, 2.24) is 0 Å². The highest BCUT2D eigenvalue weighted by Crippen LogP contribution is 2.17. The number of hydrogen-bond acceptors (Lipinski definition) is 5. The van der Waals surface area contributed by atoms with E-state index in [-0.39, 0.29) is 5.97 Å². The van der Waals surface area contributed by atoms with Gasteiger partial charge in [-0.2, -0.15) is 0 Å². The van der Waals surface area contributed by atoms with Crippen LogP contribution in [-0.2, 0) is 4.74 Å². The third-order valence-electron chi connectivity index (χ3n) is 3.36. The number of rotatable bonds is 7. The van der Waals surface area contributed by atoms with Crippen molar-refractivity contribution in [3.8, 4) is 11.5 Å². The van der Waals surface area contributed by atoms with Crippen molar-refractivity contribution >= 4 is 11.9 Å². The van der Waals surface area contributed by atoms with Gasteiger partial charge in [-0.05, 0) is 55.0 Å². The molecule has 2 aromatic carbocycles. The molecule has 0 heterocycles. The highest BCUT2D eigenvalue weighted by atomic mass is 16.5. The summed E-state index contributed by atoms with van der Waals surface area (Å²) in [6, 6.07) is 12.9. The van der Waals surface area contributed by atoms with Crippen molar-refractivity contribution in [1.29, 1.82) is 0 Å². The van der Waals surface area contributed by atoms with Crippen molar-refractivity contribution in [3.63, 3.8) is 0 Å². The molecule has 0 amide bonds. The van der Waals surface area contributed by atoms with Crippen LogP contribution in [0.1, 0.15) is 40.5 Å². The molecule has 0 unspecified atom stereocenters. The maximum Gasteiger partial charge on any atom is 0.343 e. The first-order valence-corrected chi connectivity index (χ1v) is 7.77. The fourth-order valence-electron chi connectivity index (χ4n) is 1.94. The van der Waals surface area contributed by atoms with Crippen molar-refractivity contribution in [2.45, 2.75) is 19.8 Å². The molecule has 126 valence electrons. The summed E-state index contributed by atoms with van der Waals surface area (Å²) in [7, 11) is 1.56. The molecule has 0 aromatic heterocycles. The predicted molar refractivity (Wildman–Crippen MR) is 89.6 cm³/mol. The molecule has 0 radical (unpaired) electrons. The molecular formula is C19H20O5. The smallest absolute Gasteiger partial charge is 0.343 e.